The van der Waals surface area contributed by atoms with E-state index in [4.69, 9.17) is 35.4 Å². The first-order valence-corrected chi connectivity index (χ1v) is 5.80. The fraction of sp³-hybridized carbons (Fsp3) is 0. The Morgan fingerprint density at radius 1 is 1.19 bits per heavy atom. The molecule has 2 rings (SSSR count). The Morgan fingerprint density at radius 2 is 2.00 bits per heavy atom. The normalized spacial score (nSPS) is 10.1. The minimum absolute atomic E-state index is 0.586. The van der Waals surface area contributed by atoms with Crippen LogP contribution in [0.4, 0.5) is 0 Å². The largest absolute Gasteiger partial charge is 0.255 e. The van der Waals surface area contributed by atoms with Gasteiger partial charge in [0.2, 0.25) is 0 Å². The van der Waals surface area contributed by atoms with Crippen LogP contribution in [0.1, 0.15) is 5.56 Å². The number of aromatic nitrogens is 1. The summed E-state index contributed by atoms with van der Waals surface area (Å²) in [6.45, 7) is 0. The maximum Gasteiger partial charge on any atom is 0.0894 e. The maximum absolute atomic E-state index is 6.09. The number of nitrogens with zero attached hydrogens (tertiary/aromatic N) is 1. The molecule has 0 radical (unpaired) electrons. The van der Waals surface area contributed by atoms with Gasteiger partial charge in [0.15, 0.2) is 0 Å². The summed E-state index contributed by atoms with van der Waals surface area (Å²) in [5.74, 6) is 0. The predicted molar refractivity (Wildman–Crippen MR) is 72.5 cm³/mol. The number of benzene rings is 1. The number of hydrogen-bond acceptors (Lipinski definition) is 2. The van der Waals surface area contributed by atoms with Crippen LogP contribution in [0.5, 0.6) is 0 Å². The minimum atomic E-state index is 0.586. The minimum Gasteiger partial charge on any atom is -0.255 e. The van der Waals surface area contributed by atoms with Gasteiger partial charge in [0.25, 0.3) is 0 Å². The zero-order valence-corrected chi connectivity index (χ0v) is 10.5. The Bertz CT molecular complexity index is 540. The van der Waals surface area contributed by atoms with Crippen molar-refractivity contribution in [1.29, 1.82) is 0 Å². The molecule has 0 fully saturated rings. The molecule has 0 spiro atoms. The van der Waals surface area contributed by atoms with Crippen LogP contribution in [0.25, 0.3) is 11.3 Å². The van der Waals surface area contributed by atoms with Gasteiger partial charge in [-0.25, -0.2) is 0 Å². The molecule has 0 aliphatic rings. The standard InChI is InChI=1S/C12H7Cl2NS/c13-9-4-3-8(7-16)10(6-9)12-11(14)2-1-5-15-12/h1-7H. The molecule has 1 nitrogen and oxygen atoms in total. The van der Waals surface area contributed by atoms with Gasteiger partial charge in [-0.15, -0.1) is 0 Å². The highest BCUT2D eigenvalue weighted by Crippen LogP contribution is 2.29. The number of rotatable bonds is 2. The summed E-state index contributed by atoms with van der Waals surface area (Å²) >= 11 is 17.0. The van der Waals surface area contributed by atoms with E-state index in [1.165, 1.54) is 0 Å². The van der Waals surface area contributed by atoms with Crippen molar-refractivity contribution in [1.82, 2.24) is 4.98 Å². The van der Waals surface area contributed by atoms with Crippen LogP contribution in [0.15, 0.2) is 36.5 Å². The van der Waals surface area contributed by atoms with Gasteiger partial charge in [0.1, 0.15) is 0 Å². The fourth-order valence-electron chi connectivity index (χ4n) is 1.42. The highest BCUT2D eigenvalue weighted by Gasteiger charge is 2.08. The molecule has 0 aliphatic heterocycles. The number of halogens is 2. The van der Waals surface area contributed by atoms with Gasteiger partial charge >= 0.3 is 0 Å². The highest BCUT2D eigenvalue weighted by atomic mass is 35.5. The molecule has 4 heteroatoms. The molecule has 0 amide bonds. The fourth-order valence-corrected chi connectivity index (χ4v) is 2.02. The van der Waals surface area contributed by atoms with Crippen LogP contribution in [0.2, 0.25) is 10.0 Å². The first-order chi connectivity index (χ1) is 7.72. The molecule has 0 saturated heterocycles. The summed E-state index contributed by atoms with van der Waals surface area (Å²) in [7, 11) is 0. The van der Waals surface area contributed by atoms with Crippen LogP contribution in [-0.4, -0.2) is 10.4 Å². The van der Waals surface area contributed by atoms with Crippen LogP contribution in [0, 0.1) is 0 Å². The lowest BCUT2D eigenvalue weighted by Gasteiger charge is -2.07. The second-order valence-electron chi connectivity index (χ2n) is 3.18. The maximum atomic E-state index is 6.09. The number of hydrogen-bond donors (Lipinski definition) is 0. The van der Waals surface area contributed by atoms with Gasteiger partial charge in [-0.1, -0.05) is 41.5 Å². The zero-order valence-electron chi connectivity index (χ0n) is 8.15. The Balaban J connectivity index is 2.67. The van der Waals surface area contributed by atoms with Gasteiger partial charge in [-0.05, 0) is 29.8 Å². The van der Waals surface area contributed by atoms with E-state index in [2.05, 4.69) is 4.98 Å². The van der Waals surface area contributed by atoms with Crippen molar-refractivity contribution in [3.05, 3.63) is 52.1 Å². The van der Waals surface area contributed by atoms with Crippen LogP contribution >= 0.6 is 35.4 Å². The number of pyridine rings is 1. The third kappa shape index (κ3) is 2.24. The molecule has 80 valence electrons. The van der Waals surface area contributed by atoms with E-state index in [-0.39, 0.29) is 0 Å². The van der Waals surface area contributed by atoms with E-state index in [1.54, 1.807) is 29.8 Å². The molecular formula is C12H7Cl2NS. The molecule has 2 aromatic rings. The van der Waals surface area contributed by atoms with E-state index in [9.17, 15) is 0 Å². The van der Waals surface area contributed by atoms with Crippen molar-refractivity contribution >= 4 is 40.8 Å². The second kappa shape index (κ2) is 4.91. The van der Waals surface area contributed by atoms with Crippen molar-refractivity contribution in [3.63, 3.8) is 0 Å². The van der Waals surface area contributed by atoms with E-state index in [0.29, 0.717) is 15.7 Å². The van der Waals surface area contributed by atoms with Crippen LogP contribution < -0.4 is 0 Å². The molecule has 0 unspecified atom stereocenters. The molecule has 1 aromatic heterocycles. The smallest absolute Gasteiger partial charge is 0.0894 e. The van der Waals surface area contributed by atoms with Crippen molar-refractivity contribution in [3.8, 4) is 11.3 Å². The quantitative estimate of drug-likeness (QED) is 0.748. The van der Waals surface area contributed by atoms with E-state index >= 15 is 0 Å². The summed E-state index contributed by atoms with van der Waals surface area (Å²) in [5, 5.41) is 2.82. The summed E-state index contributed by atoms with van der Waals surface area (Å²) < 4.78 is 0. The Kier molecular flexibility index (Phi) is 3.54. The second-order valence-corrected chi connectivity index (χ2v) is 4.26. The van der Waals surface area contributed by atoms with Gasteiger partial charge in [0, 0.05) is 22.2 Å². The number of thiocarbonyl (C=S) groups is 1. The van der Waals surface area contributed by atoms with Gasteiger partial charge in [-0.3, -0.25) is 4.98 Å². The summed E-state index contributed by atoms with van der Waals surface area (Å²) in [5.41, 5.74) is 2.44. The summed E-state index contributed by atoms with van der Waals surface area (Å²) in [6, 6.07) is 9.04. The third-order valence-corrected chi connectivity index (χ3v) is 2.95. The Hall–Kier alpha value is -0.960. The lowest BCUT2D eigenvalue weighted by Crippen LogP contribution is -1.90. The van der Waals surface area contributed by atoms with Crippen molar-refractivity contribution in [2.45, 2.75) is 0 Å². The monoisotopic (exact) mass is 267 g/mol. The third-order valence-electron chi connectivity index (χ3n) is 2.16. The van der Waals surface area contributed by atoms with E-state index < -0.39 is 0 Å². The molecule has 0 N–H and O–H groups in total. The summed E-state index contributed by atoms with van der Waals surface area (Å²) in [4.78, 5) is 4.24. The molecule has 16 heavy (non-hydrogen) atoms. The van der Waals surface area contributed by atoms with E-state index in [0.717, 1.165) is 11.1 Å². The first kappa shape index (κ1) is 11.5. The molecule has 0 saturated carbocycles. The van der Waals surface area contributed by atoms with Gasteiger partial charge in [0.05, 0.1) is 10.7 Å². The average Bonchev–Trinajstić information content (AvgIpc) is 2.29. The molecular weight excluding hydrogens is 261 g/mol. The van der Waals surface area contributed by atoms with Gasteiger partial charge < -0.3 is 0 Å². The first-order valence-electron chi connectivity index (χ1n) is 4.58. The average molecular weight is 268 g/mol. The van der Waals surface area contributed by atoms with Crippen LogP contribution in [0.3, 0.4) is 0 Å². The Morgan fingerprint density at radius 3 is 2.69 bits per heavy atom. The zero-order chi connectivity index (χ0) is 11.5. The lowest BCUT2D eigenvalue weighted by atomic mass is 10.1. The molecule has 1 aromatic carbocycles. The molecule has 0 bridgehead atoms. The van der Waals surface area contributed by atoms with Crippen LogP contribution in [-0.2, 0) is 0 Å². The predicted octanol–water partition coefficient (Wildman–Crippen LogP) is 4.40. The van der Waals surface area contributed by atoms with Crippen molar-refractivity contribution in [2.24, 2.45) is 0 Å². The highest BCUT2D eigenvalue weighted by molar-refractivity contribution is 7.79. The lowest BCUT2D eigenvalue weighted by molar-refractivity contribution is 1.32. The topological polar surface area (TPSA) is 12.9 Å². The SMILES string of the molecule is S=Cc1ccc(Cl)cc1-c1ncccc1Cl. The van der Waals surface area contributed by atoms with Gasteiger partial charge in [-0.2, -0.15) is 0 Å². The molecule has 0 atom stereocenters. The summed E-state index contributed by atoms with van der Waals surface area (Å²) in [6.07, 6.45) is 1.69. The molecule has 0 aliphatic carbocycles. The molecule has 1 heterocycles. The van der Waals surface area contributed by atoms with E-state index in [1.807, 2.05) is 12.1 Å². The van der Waals surface area contributed by atoms with Crippen molar-refractivity contribution < 1.29 is 0 Å². The Labute approximate surface area is 109 Å². The van der Waals surface area contributed by atoms with Crippen molar-refractivity contribution in [2.75, 3.05) is 0 Å².